The van der Waals surface area contributed by atoms with Crippen LogP contribution in [0.5, 0.6) is 5.75 Å². The summed E-state index contributed by atoms with van der Waals surface area (Å²) in [4.78, 5) is 0. The molecule has 0 saturated carbocycles. The third kappa shape index (κ3) is 7.04. The van der Waals surface area contributed by atoms with Crippen LogP contribution in [0.15, 0.2) is 24.3 Å². The molecule has 1 aromatic carbocycles. The van der Waals surface area contributed by atoms with Crippen molar-refractivity contribution in [2.45, 2.75) is 12.6 Å². The van der Waals surface area contributed by atoms with Gasteiger partial charge in [0, 0.05) is 0 Å². The SMILES string of the molecule is OB(O)c1cccc(OCCOCCC(F)(F)F)c1. The molecular weight excluding hydrogens is 264 g/mol. The Hall–Kier alpha value is -1.25. The van der Waals surface area contributed by atoms with E-state index in [1.807, 2.05) is 0 Å². The lowest BCUT2D eigenvalue weighted by Crippen LogP contribution is -2.29. The zero-order valence-electron chi connectivity index (χ0n) is 10.1. The van der Waals surface area contributed by atoms with Crippen molar-refractivity contribution >= 4 is 12.6 Å². The first-order valence-electron chi connectivity index (χ1n) is 5.62. The maximum Gasteiger partial charge on any atom is 0.488 e. The fraction of sp³-hybridized carbons (Fsp3) is 0.455. The van der Waals surface area contributed by atoms with Gasteiger partial charge in [-0.1, -0.05) is 12.1 Å². The second-order valence-corrected chi connectivity index (χ2v) is 3.77. The molecule has 1 aromatic rings. The van der Waals surface area contributed by atoms with Gasteiger partial charge in [-0.2, -0.15) is 13.2 Å². The van der Waals surface area contributed by atoms with E-state index in [9.17, 15) is 13.2 Å². The summed E-state index contributed by atoms with van der Waals surface area (Å²) in [6.45, 7) is -0.285. The van der Waals surface area contributed by atoms with Crippen molar-refractivity contribution in [1.29, 1.82) is 0 Å². The van der Waals surface area contributed by atoms with Gasteiger partial charge in [0.2, 0.25) is 0 Å². The topological polar surface area (TPSA) is 58.9 Å². The average Bonchev–Trinajstić information content (AvgIpc) is 2.32. The van der Waals surface area contributed by atoms with Gasteiger partial charge in [-0.3, -0.25) is 0 Å². The number of alkyl halides is 3. The van der Waals surface area contributed by atoms with Gasteiger partial charge >= 0.3 is 13.3 Å². The summed E-state index contributed by atoms with van der Waals surface area (Å²) in [6.07, 6.45) is -5.20. The lowest BCUT2D eigenvalue weighted by atomic mass is 9.80. The first-order chi connectivity index (χ1) is 8.88. The van der Waals surface area contributed by atoms with E-state index in [1.54, 1.807) is 12.1 Å². The molecule has 0 heterocycles. The predicted octanol–water partition coefficient (Wildman–Crippen LogP) is 0.714. The van der Waals surface area contributed by atoms with Crippen molar-refractivity contribution in [3.8, 4) is 5.75 Å². The number of rotatable bonds is 7. The largest absolute Gasteiger partial charge is 0.491 e. The summed E-state index contributed by atoms with van der Waals surface area (Å²) in [5, 5.41) is 17.9. The Balaban J connectivity index is 2.21. The van der Waals surface area contributed by atoms with E-state index in [2.05, 4.69) is 0 Å². The van der Waals surface area contributed by atoms with Gasteiger partial charge in [0.25, 0.3) is 0 Å². The molecule has 19 heavy (non-hydrogen) atoms. The number of hydrogen-bond acceptors (Lipinski definition) is 4. The fourth-order valence-corrected chi connectivity index (χ4v) is 1.27. The van der Waals surface area contributed by atoms with Crippen LogP contribution in [-0.4, -0.2) is 43.2 Å². The third-order valence-corrected chi connectivity index (χ3v) is 2.18. The molecule has 1 rings (SSSR count). The van der Waals surface area contributed by atoms with Gasteiger partial charge < -0.3 is 19.5 Å². The molecule has 0 bridgehead atoms. The molecule has 0 unspecified atom stereocenters. The number of halogens is 3. The molecule has 0 aliphatic rings. The molecule has 106 valence electrons. The van der Waals surface area contributed by atoms with Crippen molar-refractivity contribution in [3.05, 3.63) is 24.3 Å². The molecule has 0 aliphatic heterocycles. The first kappa shape index (κ1) is 15.8. The Kier molecular flexibility index (Phi) is 6.13. The van der Waals surface area contributed by atoms with Crippen molar-refractivity contribution in [3.63, 3.8) is 0 Å². The standard InChI is InChI=1S/C11H14BF3O4/c13-11(14,15)4-5-18-6-7-19-10-3-1-2-9(8-10)12(16)17/h1-3,8,16-17H,4-7H2. The van der Waals surface area contributed by atoms with Crippen LogP contribution in [0.4, 0.5) is 13.2 Å². The lowest BCUT2D eigenvalue weighted by molar-refractivity contribution is -0.145. The average molecular weight is 278 g/mol. The predicted molar refractivity (Wildman–Crippen MR) is 63.3 cm³/mol. The molecular formula is C11H14BF3O4. The monoisotopic (exact) mass is 278 g/mol. The highest BCUT2D eigenvalue weighted by Gasteiger charge is 2.26. The van der Waals surface area contributed by atoms with Crippen LogP contribution in [0.25, 0.3) is 0 Å². The summed E-state index contributed by atoms with van der Waals surface area (Å²) in [7, 11) is -1.59. The zero-order chi connectivity index (χ0) is 14.3. The summed E-state index contributed by atoms with van der Waals surface area (Å²) in [5.74, 6) is 0.394. The summed E-state index contributed by atoms with van der Waals surface area (Å²) in [6, 6.07) is 6.12. The van der Waals surface area contributed by atoms with Crippen molar-refractivity contribution in [2.75, 3.05) is 19.8 Å². The molecule has 8 heteroatoms. The van der Waals surface area contributed by atoms with Gasteiger partial charge in [-0.05, 0) is 17.6 Å². The van der Waals surface area contributed by atoms with Gasteiger partial charge in [0.1, 0.15) is 12.4 Å². The third-order valence-electron chi connectivity index (χ3n) is 2.18. The maximum atomic E-state index is 11.8. The summed E-state index contributed by atoms with van der Waals surface area (Å²) < 4.78 is 45.3. The second-order valence-electron chi connectivity index (χ2n) is 3.77. The Morgan fingerprint density at radius 1 is 1.11 bits per heavy atom. The Bertz CT molecular complexity index is 384. The minimum absolute atomic E-state index is 0.0297. The van der Waals surface area contributed by atoms with Gasteiger partial charge in [0.05, 0.1) is 19.6 Å². The lowest BCUT2D eigenvalue weighted by Gasteiger charge is -2.09. The maximum absolute atomic E-state index is 11.8. The Morgan fingerprint density at radius 3 is 2.47 bits per heavy atom. The molecule has 0 amide bonds. The van der Waals surface area contributed by atoms with Gasteiger partial charge in [-0.15, -0.1) is 0 Å². The molecule has 0 radical (unpaired) electrons. The van der Waals surface area contributed by atoms with Crippen LogP contribution in [0, 0.1) is 0 Å². The number of ether oxygens (including phenoxy) is 2. The summed E-state index contributed by atoms with van der Waals surface area (Å²) in [5.41, 5.74) is 0.274. The Morgan fingerprint density at radius 2 is 1.84 bits per heavy atom. The van der Waals surface area contributed by atoms with E-state index in [1.165, 1.54) is 12.1 Å². The molecule has 4 nitrogen and oxygen atoms in total. The van der Waals surface area contributed by atoms with E-state index in [-0.39, 0.29) is 18.7 Å². The van der Waals surface area contributed by atoms with Crippen molar-refractivity contribution in [2.24, 2.45) is 0 Å². The minimum Gasteiger partial charge on any atom is -0.491 e. The summed E-state index contributed by atoms with van der Waals surface area (Å²) >= 11 is 0. The van der Waals surface area contributed by atoms with Crippen LogP contribution in [0.3, 0.4) is 0 Å². The van der Waals surface area contributed by atoms with Crippen LogP contribution in [0.1, 0.15) is 6.42 Å². The fourth-order valence-electron chi connectivity index (χ4n) is 1.27. The zero-order valence-corrected chi connectivity index (χ0v) is 10.1. The smallest absolute Gasteiger partial charge is 0.488 e. The quantitative estimate of drug-likeness (QED) is 0.570. The molecule has 0 saturated heterocycles. The minimum atomic E-state index is -4.22. The number of benzene rings is 1. The van der Waals surface area contributed by atoms with Crippen molar-refractivity contribution in [1.82, 2.24) is 0 Å². The van der Waals surface area contributed by atoms with E-state index < -0.39 is 26.3 Å². The highest BCUT2D eigenvalue weighted by molar-refractivity contribution is 6.58. The molecule has 0 aromatic heterocycles. The van der Waals surface area contributed by atoms with Crippen LogP contribution >= 0.6 is 0 Å². The molecule has 0 aliphatic carbocycles. The van der Waals surface area contributed by atoms with Crippen molar-refractivity contribution < 1.29 is 32.7 Å². The normalized spacial score (nSPS) is 11.4. The van der Waals surface area contributed by atoms with Crippen LogP contribution in [0.2, 0.25) is 0 Å². The molecule has 0 atom stereocenters. The van der Waals surface area contributed by atoms with E-state index in [0.717, 1.165) is 0 Å². The Labute approximate surface area is 108 Å². The first-order valence-corrected chi connectivity index (χ1v) is 5.62. The second kappa shape index (κ2) is 7.37. The molecule has 0 spiro atoms. The van der Waals surface area contributed by atoms with E-state index in [0.29, 0.717) is 5.75 Å². The van der Waals surface area contributed by atoms with E-state index >= 15 is 0 Å². The highest BCUT2D eigenvalue weighted by Crippen LogP contribution is 2.18. The van der Waals surface area contributed by atoms with Crippen LogP contribution < -0.4 is 10.2 Å². The molecule has 2 N–H and O–H groups in total. The van der Waals surface area contributed by atoms with Crippen LogP contribution in [-0.2, 0) is 4.74 Å². The highest BCUT2D eigenvalue weighted by atomic mass is 19.4. The number of hydrogen-bond donors (Lipinski definition) is 2. The van der Waals surface area contributed by atoms with Gasteiger partial charge in [-0.25, -0.2) is 0 Å². The molecule has 0 fully saturated rings. The van der Waals surface area contributed by atoms with E-state index in [4.69, 9.17) is 19.5 Å². The van der Waals surface area contributed by atoms with Gasteiger partial charge in [0.15, 0.2) is 0 Å².